The molecule has 18 heavy (non-hydrogen) atoms. The van der Waals surface area contributed by atoms with E-state index in [-0.39, 0.29) is 6.04 Å². The zero-order chi connectivity index (χ0) is 13.0. The van der Waals surface area contributed by atoms with Crippen molar-refractivity contribution >= 4 is 15.9 Å². The maximum Gasteiger partial charge on any atom is 0.125 e. The standard InChI is InChI=1S/C14H17BrN2O/c1-18-14-7-6-10(15)8-12(14)13(9-16)17-11-4-2-3-5-11/h6-8,11,13,17H,2-5H2,1H3. The van der Waals surface area contributed by atoms with Crippen molar-refractivity contribution in [2.45, 2.75) is 37.8 Å². The summed E-state index contributed by atoms with van der Waals surface area (Å²) in [4.78, 5) is 0. The number of ether oxygens (including phenoxy) is 1. The molecule has 0 aromatic heterocycles. The van der Waals surface area contributed by atoms with Gasteiger partial charge in [-0.2, -0.15) is 5.26 Å². The lowest BCUT2D eigenvalue weighted by Crippen LogP contribution is -2.30. The van der Waals surface area contributed by atoms with Crippen molar-refractivity contribution in [2.24, 2.45) is 0 Å². The van der Waals surface area contributed by atoms with Gasteiger partial charge in [0.1, 0.15) is 11.8 Å². The molecule has 0 amide bonds. The van der Waals surface area contributed by atoms with E-state index >= 15 is 0 Å². The van der Waals surface area contributed by atoms with Gasteiger partial charge in [0.2, 0.25) is 0 Å². The average molecular weight is 309 g/mol. The van der Waals surface area contributed by atoms with Gasteiger partial charge in [-0.25, -0.2) is 0 Å². The van der Waals surface area contributed by atoms with Gasteiger partial charge in [0, 0.05) is 16.1 Å². The molecule has 0 radical (unpaired) electrons. The normalized spacial score (nSPS) is 17.4. The molecule has 1 fully saturated rings. The molecule has 1 aromatic rings. The molecule has 0 aliphatic heterocycles. The molecule has 1 N–H and O–H groups in total. The number of methoxy groups -OCH3 is 1. The Morgan fingerprint density at radius 3 is 2.78 bits per heavy atom. The van der Waals surface area contributed by atoms with Crippen LogP contribution in [0.15, 0.2) is 22.7 Å². The Morgan fingerprint density at radius 2 is 2.17 bits per heavy atom. The molecular formula is C14H17BrN2O. The first-order valence-corrected chi connectivity index (χ1v) is 7.03. The lowest BCUT2D eigenvalue weighted by molar-refractivity contribution is 0.400. The number of halogens is 1. The van der Waals surface area contributed by atoms with E-state index in [0.717, 1.165) is 28.6 Å². The smallest absolute Gasteiger partial charge is 0.125 e. The molecule has 4 heteroatoms. The Bertz CT molecular complexity index is 450. The number of rotatable bonds is 4. The van der Waals surface area contributed by atoms with Crippen molar-refractivity contribution in [3.63, 3.8) is 0 Å². The molecule has 1 aliphatic rings. The molecule has 2 rings (SSSR count). The van der Waals surface area contributed by atoms with Crippen molar-refractivity contribution in [3.8, 4) is 11.8 Å². The summed E-state index contributed by atoms with van der Waals surface area (Å²) >= 11 is 3.44. The van der Waals surface area contributed by atoms with E-state index in [4.69, 9.17) is 4.74 Å². The summed E-state index contributed by atoms with van der Waals surface area (Å²) in [6.45, 7) is 0. The third kappa shape index (κ3) is 3.04. The van der Waals surface area contributed by atoms with Crippen LogP contribution in [0, 0.1) is 11.3 Å². The predicted molar refractivity (Wildman–Crippen MR) is 74.4 cm³/mol. The predicted octanol–water partition coefficient (Wildman–Crippen LogP) is 3.55. The molecule has 1 atom stereocenters. The van der Waals surface area contributed by atoms with Crippen molar-refractivity contribution in [2.75, 3.05) is 7.11 Å². The van der Waals surface area contributed by atoms with E-state index in [1.165, 1.54) is 12.8 Å². The van der Waals surface area contributed by atoms with E-state index < -0.39 is 0 Å². The molecule has 96 valence electrons. The number of nitrogens with one attached hydrogen (secondary N) is 1. The van der Waals surface area contributed by atoms with Crippen LogP contribution in [0.5, 0.6) is 5.75 Å². The molecule has 1 aromatic carbocycles. The van der Waals surface area contributed by atoms with Crippen molar-refractivity contribution in [3.05, 3.63) is 28.2 Å². The van der Waals surface area contributed by atoms with Gasteiger partial charge in [0.15, 0.2) is 0 Å². The van der Waals surface area contributed by atoms with Crippen LogP contribution in [-0.2, 0) is 0 Å². The van der Waals surface area contributed by atoms with E-state index in [9.17, 15) is 5.26 Å². The fourth-order valence-electron chi connectivity index (χ4n) is 2.46. The zero-order valence-corrected chi connectivity index (χ0v) is 12.0. The molecule has 0 bridgehead atoms. The lowest BCUT2D eigenvalue weighted by atomic mass is 10.1. The molecule has 1 unspecified atom stereocenters. The topological polar surface area (TPSA) is 45.0 Å². The molecule has 1 saturated carbocycles. The van der Waals surface area contributed by atoms with E-state index in [0.29, 0.717) is 6.04 Å². The quantitative estimate of drug-likeness (QED) is 0.925. The van der Waals surface area contributed by atoms with Gasteiger partial charge in [-0.1, -0.05) is 28.8 Å². The Balaban J connectivity index is 2.20. The van der Waals surface area contributed by atoms with E-state index in [1.54, 1.807) is 7.11 Å². The first-order valence-electron chi connectivity index (χ1n) is 6.23. The van der Waals surface area contributed by atoms with Crippen molar-refractivity contribution in [1.82, 2.24) is 5.32 Å². The molecule has 0 spiro atoms. The molecular weight excluding hydrogens is 292 g/mol. The SMILES string of the molecule is COc1ccc(Br)cc1C(C#N)NC1CCCC1. The minimum Gasteiger partial charge on any atom is -0.496 e. The Morgan fingerprint density at radius 1 is 1.44 bits per heavy atom. The van der Waals surface area contributed by atoms with Crippen LogP contribution in [0.2, 0.25) is 0 Å². The number of hydrogen-bond acceptors (Lipinski definition) is 3. The van der Waals surface area contributed by atoms with E-state index in [2.05, 4.69) is 27.3 Å². The Hall–Kier alpha value is -1.05. The van der Waals surface area contributed by atoms with Gasteiger partial charge in [-0.3, -0.25) is 5.32 Å². The third-order valence-electron chi connectivity index (χ3n) is 3.39. The number of benzene rings is 1. The fourth-order valence-corrected chi connectivity index (χ4v) is 2.83. The van der Waals surface area contributed by atoms with Crippen molar-refractivity contribution < 1.29 is 4.74 Å². The second-order valence-electron chi connectivity index (χ2n) is 4.60. The Labute approximate surface area is 116 Å². The van der Waals surface area contributed by atoms with Crippen LogP contribution >= 0.6 is 15.9 Å². The molecule has 0 heterocycles. The van der Waals surface area contributed by atoms with Gasteiger partial charge >= 0.3 is 0 Å². The summed E-state index contributed by atoms with van der Waals surface area (Å²) in [6, 6.07) is 8.25. The maximum absolute atomic E-state index is 9.37. The van der Waals surface area contributed by atoms with Gasteiger partial charge in [-0.15, -0.1) is 0 Å². The first kappa shape index (κ1) is 13.4. The van der Waals surface area contributed by atoms with Crippen LogP contribution in [0.3, 0.4) is 0 Å². The highest BCUT2D eigenvalue weighted by molar-refractivity contribution is 9.10. The minimum absolute atomic E-state index is 0.305. The summed E-state index contributed by atoms with van der Waals surface area (Å²) in [5.41, 5.74) is 0.904. The highest BCUT2D eigenvalue weighted by atomic mass is 79.9. The highest BCUT2D eigenvalue weighted by Gasteiger charge is 2.22. The summed E-state index contributed by atoms with van der Waals surface area (Å²) in [7, 11) is 1.64. The van der Waals surface area contributed by atoms with Crippen LogP contribution in [0.1, 0.15) is 37.3 Å². The largest absolute Gasteiger partial charge is 0.496 e. The number of nitrogens with zero attached hydrogens (tertiary/aromatic N) is 1. The second-order valence-corrected chi connectivity index (χ2v) is 5.51. The maximum atomic E-state index is 9.37. The molecule has 0 saturated heterocycles. The first-order chi connectivity index (χ1) is 8.74. The highest BCUT2D eigenvalue weighted by Crippen LogP contribution is 2.30. The zero-order valence-electron chi connectivity index (χ0n) is 10.4. The van der Waals surface area contributed by atoms with Crippen LogP contribution in [0.25, 0.3) is 0 Å². The molecule has 3 nitrogen and oxygen atoms in total. The monoisotopic (exact) mass is 308 g/mol. The second kappa shape index (κ2) is 6.21. The van der Waals surface area contributed by atoms with Gasteiger partial charge in [-0.05, 0) is 31.0 Å². The summed E-state index contributed by atoms with van der Waals surface area (Å²) < 4.78 is 6.30. The van der Waals surface area contributed by atoms with Crippen LogP contribution in [-0.4, -0.2) is 13.2 Å². The minimum atomic E-state index is -0.305. The summed E-state index contributed by atoms with van der Waals surface area (Å²) in [6.07, 6.45) is 4.83. The summed E-state index contributed by atoms with van der Waals surface area (Å²) in [5.74, 6) is 0.759. The van der Waals surface area contributed by atoms with Gasteiger partial charge in [0.25, 0.3) is 0 Å². The Kier molecular flexibility index (Phi) is 4.62. The van der Waals surface area contributed by atoms with Crippen LogP contribution < -0.4 is 10.1 Å². The molecule has 1 aliphatic carbocycles. The lowest BCUT2D eigenvalue weighted by Gasteiger charge is -2.19. The summed E-state index contributed by atoms with van der Waals surface area (Å²) in [5, 5.41) is 12.8. The van der Waals surface area contributed by atoms with E-state index in [1.807, 2.05) is 18.2 Å². The third-order valence-corrected chi connectivity index (χ3v) is 3.88. The van der Waals surface area contributed by atoms with Gasteiger partial charge < -0.3 is 4.74 Å². The number of hydrogen-bond donors (Lipinski definition) is 1. The number of nitriles is 1. The van der Waals surface area contributed by atoms with Gasteiger partial charge in [0.05, 0.1) is 13.2 Å². The van der Waals surface area contributed by atoms with Crippen LogP contribution in [0.4, 0.5) is 0 Å². The fraction of sp³-hybridized carbons (Fsp3) is 0.500. The van der Waals surface area contributed by atoms with Crippen molar-refractivity contribution in [1.29, 1.82) is 5.26 Å². The average Bonchev–Trinajstić information content (AvgIpc) is 2.88.